The van der Waals surface area contributed by atoms with E-state index < -0.39 is 0 Å². The molecule has 0 saturated heterocycles. The fraction of sp³-hybridized carbons (Fsp3) is 0.160. The van der Waals surface area contributed by atoms with Crippen LogP contribution in [0.1, 0.15) is 21.5 Å². The topological polar surface area (TPSA) is 85.6 Å². The number of fused-ring (bicyclic) bond motifs is 2. The number of anilines is 1. The van der Waals surface area contributed by atoms with Crippen molar-refractivity contribution in [2.75, 3.05) is 18.5 Å². The highest BCUT2D eigenvalue weighted by Crippen LogP contribution is 2.31. The number of hydrogen-bond acceptors (Lipinski definition) is 6. The quantitative estimate of drug-likeness (QED) is 0.417. The van der Waals surface area contributed by atoms with Crippen LogP contribution >= 0.6 is 12.2 Å². The average Bonchev–Trinajstić information content (AvgIpc) is 3.23. The molecule has 3 aromatic carbocycles. The Balaban J connectivity index is 1.25. The highest BCUT2D eigenvalue weighted by molar-refractivity contribution is 7.80. The number of benzene rings is 3. The molecule has 166 valence electrons. The number of amides is 1. The van der Waals surface area contributed by atoms with Gasteiger partial charge in [-0.3, -0.25) is 10.1 Å². The molecule has 33 heavy (non-hydrogen) atoms. The maximum absolute atomic E-state index is 12.6. The molecule has 4 aromatic rings. The number of oxazole rings is 1. The van der Waals surface area contributed by atoms with Crippen LogP contribution in [0.2, 0.25) is 0 Å². The first-order valence-corrected chi connectivity index (χ1v) is 10.9. The minimum absolute atomic E-state index is 0.190. The molecule has 0 unspecified atom stereocenters. The van der Waals surface area contributed by atoms with Gasteiger partial charge in [-0.1, -0.05) is 6.07 Å². The molecule has 2 heterocycles. The predicted octanol–water partition coefficient (Wildman–Crippen LogP) is 5.01. The zero-order chi connectivity index (χ0) is 22.9. The summed E-state index contributed by atoms with van der Waals surface area (Å²) >= 11 is 5.30. The second-order valence-corrected chi connectivity index (χ2v) is 8.20. The van der Waals surface area contributed by atoms with Crippen molar-refractivity contribution in [1.82, 2.24) is 10.3 Å². The lowest BCUT2D eigenvalue weighted by atomic mass is 10.1. The first kappa shape index (κ1) is 21.0. The average molecular weight is 460 g/mol. The number of nitrogens with zero attached hydrogens (tertiary/aromatic N) is 1. The van der Waals surface area contributed by atoms with E-state index in [-0.39, 0.29) is 11.0 Å². The number of carbonyl (C=O) groups excluding carboxylic acids is 1. The fourth-order valence-electron chi connectivity index (χ4n) is 3.72. The van der Waals surface area contributed by atoms with Crippen molar-refractivity contribution < 1.29 is 18.7 Å². The van der Waals surface area contributed by atoms with Crippen molar-refractivity contribution in [3.63, 3.8) is 0 Å². The van der Waals surface area contributed by atoms with Crippen LogP contribution in [-0.4, -0.2) is 29.2 Å². The van der Waals surface area contributed by atoms with Crippen LogP contribution in [-0.2, 0) is 0 Å². The van der Waals surface area contributed by atoms with Gasteiger partial charge < -0.3 is 19.2 Å². The molecule has 1 aromatic heterocycles. The molecule has 0 atom stereocenters. The molecule has 1 amide bonds. The van der Waals surface area contributed by atoms with Gasteiger partial charge in [0.1, 0.15) is 18.7 Å². The third kappa shape index (κ3) is 4.38. The Morgan fingerprint density at radius 2 is 1.73 bits per heavy atom. The zero-order valence-corrected chi connectivity index (χ0v) is 18.9. The highest BCUT2D eigenvalue weighted by atomic mass is 32.1. The molecule has 8 heteroatoms. The van der Waals surface area contributed by atoms with Gasteiger partial charge in [-0.25, -0.2) is 4.98 Å². The smallest absolute Gasteiger partial charge is 0.257 e. The molecule has 5 rings (SSSR count). The van der Waals surface area contributed by atoms with Gasteiger partial charge in [0.2, 0.25) is 5.89 Å². The summed E-state index contributed by atoms with van der Waals surface area (Å²) < 4.78 is 17.0. The summed E-state index contributed by atoms with van der Waals surface area (Å²) in [5.41, 5.74) is 5.84. The van der Waals surface area contributed by atoms with Gasteiger partial charge >= 0.3 is 0 Å². The Hall–Kier alpha value is -3.91. The van der Waals surface area contributed by atoms with E-state index in [0.29, 0.717) is 36.2 Å². The molecule has 0 bridgehead atoms. The number of ether oxygens (including phenoxy) is 2. The maximum Gasteiger partial charge on any atom is 0.257 e. The molecule has 0 radical (unpaired) electrons. The van der Waals surface area contributed by atoms with Gasteiger partial charge in [-0.15, -0.1) is 0 Å². The van der Waals surface area contributed by atoms with Crippen LogP contribution in [0, 0.1) is 13.8 Å². The summed E-state index contributed by atoms with van der Waals surface area (Å²) in [4.78, 5) is 17.2. The lowest BCUT2D eigenvalue weighted by Gasteiger charge is -2.18. The van der Waals surface area contributed by atoms with E-state index >= 15 is 0 Å². The van der Waals surface area contributed by atoms with Crippen molar-refractivity contribution in [3.05, 3.63) is 71.3 Å². The van der Waals surface area contributed by atoms with Crippen molar-refractivity contribution in [1.29, 1.82) is 0 Å². The first-order valence-electron chi connectivity index (χ1n) is 10.5. The summed E-state index contributed by atoms with van der Waals surface area (Å²) in [6, 6.07) is 16.6. The normalized spacial score (nSPS) is 12.4. The van der Waals surface area contributed by atoms with Crippen LogP contribution in [0.3, 0.4) is 0 Å². The molecule has 7 nitrogen and oxygen atoms in total. The minimum atomic E-state index is -0.335. The molecule has 0 aliphatic carbocycles. The van der Waals surface area contributed by atoms with E-state index in [9.17, 15) is 4.79 Å². The van der Waals surface area contributed by atoms with Crippen LogP contribution in [0.5, 0.6) is 11.5 Å². The zero-order valence-electron chi connectivity index (χ0n) is 18.1. The van der Waals surface area contributed by atoms with Gasteiger partial charge in [0, 0.05) is 16.8 Å². The number of thiocarbonyl (C=S) groups is 1. The van der Waals surface area contributed by atoms with Crippen LogP contribution in [0.15, 0.2) is 59.0 Å². The minimum Gasteiger partial charge on any atom is -0.486 e. The van der Waals surface area contributed by atoms with Crippen LogP contribution < -0.4 is 20.1 Å². The lowest BCUT2D eigenvalue weighted by molar-refractivity contribution is 0.0976. The lowest BCUT2D eigenvalue weighted by Crippen LogP contribution is -2.34. The third-order valence-corrected chi connectivity index (χ3v) is 5.45. The van der Waals surface area contributed by atoms with Crippen LogP contribution in [0.4, 0.5) is 5.69 Å². The van der Waals surface area contributed by atoms with Gasteiger partial charge in [0.15, 0.2) is 22.2 Å². The Bertz CT molecular complexity index is 1380. The number of rotatable bonds is 3. The van der Waals surface area contributed by atoms with E-state index in [1.54, 1.807) is 18.2 Å². The van der Waals surface area contributed by atoms with E-state index in [2.05, 4.69) is 21.7 Å². The molecule has 1 aliphatic heterocycles. The summed E-state index contributed by atoms with van der Waals surface area (Å²) in [5, 5.41) is 5.89. The van der Waals surface area contributed by atoms with Crippen molar-refractivity contribution in [3.8, 4) is 23.0 Å². The van der Waals surface area contributed by atoms with Crippen molar-refractivity contribution in [2.24, 2.45) is 0 Å². The first-order chi connectivity index (χ1) is 16.0. The maximum atomic E-state index is 12.6. The van der Waals surface area contributed by atoms with E-state index in [4.69, 9.17) is 26.1 Å². The fourth-order valence-corrected chi connectivity index (χ4v) is 3.93. The molecule has 0 saturated carbocycles. The monoisotopic (exact) mass is 459 g/mol. The summed E-state index contributed by atoms with van der Waals surface area (Å²) in [6.45, 7) is 5.00. The van der Waals surface area contributed by atoms with E-state index in [1.165, 1.54) is 0 Å². The second-order valence-electron chi connectivity index (χ2n) is 7.79. The molecule has 2 N–H and O–H groups in total. The number of carbonyl (C=O) groups is 1. The van der Waals surface area contributed by atoms with Gasteiger partial charge in [-0.2, -0.15) is 0 Å². The predicted molar refractivity (Wildman–Crippen MR) is 130 cm³/mol. The van der Waals surface area contributed by atoms with Gasteiger partial charge in [-0.05, 0) is 85.7 Å². The SMILES string of the molecule is Cc1cc(C)c2oc(-c3ccc(NC(=S)NC(=O)c4ccc5c(c4)OCCO5)cc3)nc2c1. The molecular weight excluding hydrogens is 438 g/mol. The number of aryl methyl sites for hydroxylation is 2. The van der Waals surface area contributed by atoms with Gasteiger partial charge in [0.05, 0.1) is 0 Å². The standard InChI is InChI=1S/C25H21N3O4S/c1-14-11-15(2)22-19(12-14)27-24(32-22)16-3-6-18(7-4-16)26-25(33)28-23(29)17-5-8-20-21(13-17)31-10-9-30-20/h3-8,11-13H,9-10H2,1-2H3,(H2,26,28,29,33). The molecule has 1 aliphatic rings. The molecule has 0 spiro atoms. The van der Waals surface area contributed by atoms with Crippen LogP contribution in [0.25, 0.3) is 22.6 Å². The number of aromatic nitrogens is 1. The van der Waals surface area contributed by atoms with E-state index in [0.717, 1.165) is 33.5 Å². The highest BCUT2D eigenvalue weighted by Gasteiger charge is 2.16. The largest absolute Gasteiger partial charge is 0.486 e. The Labute approximate surface area is 195 Å². The summed E-state index contributed by atoms with van der Waals surface area (Å²) in [6.07, 6.45) is 0. The molecular formula is C25H21N3O4S. The number of nitrogens with one attached hydrogen (secondary N) is 2. The summed E-state index contributed by atoms with van der Waals surface area (Å²) in [7, 11) is 0. The Kier molecular flexibility index (Phi) is 5.43. The van der Waals surface area contributed by atoms with Gasteiger partial charge in [0.25, 0.3) is 5.91 Å². The van der Waals surface area contributed by atoms with E-state index in [1.807, 2.05) is 44.2 Å². The Morgan fingerprint density at radius 3 is 2.52 bits per heavy atom. The third-order valence-electron chi connectivity index (χ3n) is 5.24. The van der Waals surface area contributed by atoms with Crippen molar-refractivity contribution in [2.45, 2.75) is 13.8 Å². The van der Waals surface area contributed by atoms with Crippen molar-refractivity contribution >= 4 is 40.0 Å². The summed E-state index contributed by atoms with van der Waals surface area (Å²) in [5.74, 6) is 1.40. The molecule has 0 fully saturated rings. The Morgan fingerprint density at radius 1 is 0.970 bits per heavy atom. The number of hydrogen-bond donors (Lipinski definition) is 2. The second kappa shape index (κ2) is 8.55.